The predicted molar refractivity (Wildman–Crippen MR) is 60.1 cm³/mol. The van der Waals surface area contributed by atoms with Crippen LogP contribution in [0.15, 0.2) is 18.2 Å². The molecule has 1 heterocycles. The molecule has 1 aromatic carbocycles. The van der Waals surface area contributed by atoms with E-state index in [4.69, 9.17) is 19.7 Å². The third-order valence-electron chi connectivity index (χ3n) is 2.65. The van der Waals surface area contributed by atoms with Crippen molar-refractivity contribution in [3.05, 3.63) is 23.8 Å². The molecule has 0 fully saturated rings. The van der Waals surface area contributed by atoms with E-state index in [-0.39, 0.29) is 0 Å². The first kappa shape index (κ1) is 12.2. The second-order valence-electron chi connectivity index (χ2n) is 3.89. The fraction of sp³-hybridized carbons (Fsp3) is 0.333. The van der Waals surface area contributed by atoms with Crippen LogP contribution in [0.1, 0.15) is 17.9 Å². The molecule has 2 N–H and O–H groups in total. The number of carbonyl (C=O) groups is 2. The van der Waals surface area contributed by atoms with E-state index in [9.17, 15) is 9.59 Å². The largest absolute Gasteiger partial charge is 0.486 e. The molecule has 2 rings (SSSR count). The summed E-state index contributed by atoms with van der Waals surface area (Å²) < 4.78 is 10.6. The molecule has 0 aliphatic carbocycles. The van der Waals surface area contributed by atoms with Gasteiger partial charge < -0.3 is 19.7 Å². The molecular formula is C12H12O6. The maximum atomic E-state index is 11.1. The van der Waals surface area contributed by atoms with Crippen LogP contribution < -0.4 is 9.47 Å². The van der Waals surface area contributed by atoms with Gasteiger partial charge >= 0.3 is 11.9 Å². The minimum Gasteiger partial charge on any atom is -0.486 e. The van der Waals surface area contributed by atoms with Gasteiger partial charge in [0.2, 0.25) is 0 Å². The Kier molecular flexibility index (Phi) is 3.36. The number of rotatable bonds is 4. The second kappa shape index (κ2) is 4.95. The van der Waals surface area contributed by atoms with Crippen molar-refractivity contribution in [2.45, 2.75) is 12.3 Å². The predicted octanol–water partition coefficient (Wildman–Crippen LogP) is 1.10. The molecule has 0 aromatic heterocycles. The van der Waals surface area contributed by atoms with E-state index in [1.165, 1.54) is 6.07 Å². The van der Waals surface area contributed by atoms with Crippen LogP contribution in [0.3, 0.4) is 0 Å². The molecule has 1 unspecified atom stereocenters. The van der Waals surface area contributed by atoms with Crippen molar-refractivity contribution in [1.82, 2.24) is 0 Å². The first-order valence-electron chi connectivity index (χ1n) is 5.42. The molecule has 96 valence electrons. The van der Waals surface area contributed by atoms with Crippen LogP contribution in [0.5, 0.6) is 11.5 Å². The summed E-state index contributed by atoms with van der Waals surface area (Å²) in [6.07, 6.45) is -0.463. The van der Waals surface area contributed by atoms with Crippen molar-refractivity contribution < 1.29 is 29.3 Å². The summed E-state index contributed by atoms with van der Waals surface area (Å²) in [5.41, 5.74) is 0.397. The summed E-state index contributed by atoms with van der Waals surface area (Å²) in [5.74, 6) is -2.41. The number of carboxylic acid groups (broad SMARTS) is 2. The van der Waals surface area contributed by atoms with E-state index in [2.05, 4.69) is 0 Å². The summed E-state index contributed by atoms with van der Waals surface area (Å²) in [6.45, 7) is 0.844. The van der Waals surface area contributed by atoms with Gasteiger partial charge in [-0.2, -0.15) is 0 Å². The van der Waals surface area contributed by atoms with Gasteiger partial charge in [-0.1, -0.05) is 6.07 Å². The first-order chi connectivity index (χ1) is 8.58. The number of hydrogen-bond acceptors (Lipinski definition) is 4. The topological polar surface area (TPSA) is 93.1 Å². The molecule has 1 aliphatic rings. The van der Waals surface area contributed by atoms with Crippen LogP contribution in [0.4, 0.5) is 0 Å². The zero-order valence-electron chi connectivity index (χ0n) is 9.46. The Bertz CT molecular complexity index is 481. The lowest BCUT2D eigenvalue weighted by molar-refractivity contribution is -0.145. The Morgan fingerprint density at radius 3 is 2.44 bits per heavy atom. The molecule has 0 saturated carbocycles. The zero-order chi connectivity index (χ0) is 13.1. The molecule has 18 heavy (non-hydrogen) atoms. The van der Waals surface area contributed by atoms with E-state index in [0.29, 0.717) is 30.3 Å². The normalized spacial score (nSPS) is 14.9. The highest BCUT2D eigenvalue weighted by Gasteiger charge is 2.25. The van der Waals surface area contributed by atoms with E-state index < -0.39 is 24.3 Å². The van der Waals surface area contributed by atoms with Crippen LogP contribution >= 0.6 is 0 Å². The summed E-state index contributed by atoms with van der Waals surface area (Å²) >= 11 is 0. The zero-order valence-corrected chi connectivity index (χ0v) is 9.46. The Hall–Kier alpha value is -2.24. The minimum atomic E-state index is -1.17. The van der Waals surface area contributed by atoms with E-state index >= 15 is 0 Å². The van der Waals surface area contributed by atoms with Crippen LogP contribution in [0.2, 0.25) is 0 Å². The Morgan fingerprint density at radius 1 is 1.17 bits per heavy atom. The number of aliphatic carboxylic acids is 2. The van der Waals surface area contributed by atoms with Crippen LogP contribution in [-0.4, -0.2) is 35.4 Å². The number of fused-ring (bicyclic) bond motifs is 1. The van der Waals surface area contributed by atoms with Gasteiger partial charge in [-0.3, -0.25) is 9.59 Å². The molecule has 0 spiro atoms. The third-order valence-corrected chi connectivity index (χ3v) is 2.65. The lowest BCUT2D eigenvalue weighted by Gasteiger charge is -2.20. The molecule has 0 saturated heterocycles. The molecular weight excluding hydrogens is 240 g/mol. The molecule has 1 atom stereocenters. The first-order valence-corrected chi connectivity index (χ1v) is 5.42. The molecule has 0 bridgehead atoms. The monoisotopic (exact) mass is 252 g/mol. The van der Waals surface area contributed by atoms with Gasteiger partial charge in [0.05, 0.1) is 12.3 Å². The smallest absolute Gasteiger partial charge is 0.311 e. The fourth-order valence-electron chi connectivity index (χ4n) is 1.80. The standard InChI is InChI=1S/C12H12O6/c13-11(14)6-8(12(15)16)7-1-2-9-10(5-7)18-4-3-17-9/h1-2,5,8H,3-4,6H2,(H,13,14)(H,15,16). The van der Waals surface area contributed by atoms with Gasteiger partial charge in [0.25, 0.3) is 0 Å². The highest BCUT2D eigenvalue weighted by atomic mass is 16.6. The van der Waals surface area contributed by atoms with Crippen LogP contribution in [-0.2, 0) is 9.59 Å². The number of carboxylic acids is 2. The van der Waals surface area contributed by atoms with Gasteiger partial charge in [0.15, 0.2) is 11.5 Å². The van der Waals surface area contributed by atoms with Crippen molar-refractivity contribution in [3.8, 4) is 11.5 Å². The maximum Gasteiger partial charge on any atom is 0.311 e. The van der Waals surface area contributed by atoms with Gasteiger partial charge in [-0.25, -0.2) is 0 Å². The van der Waals surface area contributed by atoms with Crippen LogP contribution in [0.25, 0.3) is 0 Å². The summed E-state index contributed by atoms with van der Waals surface area (Å²) in [7, 11) is 0. The highest BCUT2D eigenvalue weighted by molar-refractivity contribution is 5.82. The Labute approximate surface area is 103 Å². The molecule has 6 heteroatoms. The SMILES string of the molecule is O=C(O)CC(C(=O)O)c1ccc2c(c1)OCCO2. The summed E-state index contributed by atoms with van der Waals surface area (Å²) in [4.78, 5) is 21.7. The van der Waals surface area contributed by atoms with Crippen molar-refractivity contribution >= 4 is 11.9 Å². The van der Waals surface area contributed by atoms with E-state index in [0.717, 1.165) is 0 Å². The van der Waals surface area contributed by atoms with Crippen molar-refractivity contribution in [1.29, 1.82) is 0 Å². The lowest BCUT2D eigenvalue weighted by Crippen LogP contribution is -2.18. The number of ether oxygens (including phenoxy) is 2. The van der Waals surface area contributed by atoms with Gasteiger partial charge in [0, 0.05) is 0 Å². The van der Waals surface area contributed by atoms with Crippen molar-refractivity contribution in [2.24, 2.45) is 0 Å². The lowest BCUT2D eigenvalue weighted by atomic mass is 9.95. The van der Waals surface area contributed by atoms with Gasteiger partial charge in [-0.15, -0.1) is 0 Å². The second-order valence-corrected chi connectivity index (χ2v) is 3.89. The van der Waals surface area contributed by atoms with E-state index in [1.807, 2.05) is 0 Å². The molecule has 0 radical (unpaired) electrons. The average molecular weight is 252 g/mol. The van der Waals surface area contributed by atoms with E-state index in [1.54, 1.807) is 12.1 Å². The highest BCUT2D eigenvalue weighted by Crippen LogP contribution is 2.34. The molecule has 0 amide bonds. The van der Waals surface area contributed by atoms with Crippen molar-refractivity contribution in [3.63, 3.8) is 0 Å². The van der Waals surface area contributed by atoms with Crippen LogP contribution in [0, 0.1) is 0 Å². The fourth-order valence-corrected chi connectivity index (χ4v) is 1.80. The minimum absolute atomic E-state index is 0.396. The quantitative estimate of drug-likeness (QED) is 0.833. The van der Waals surface area contributed by atoms with Gasteiger partial charge in [0.1, 0.15) is 13.2 Å². The Balaban J connectivity index is 2.30. The average Bonchev–Trinajstić information content (AvgIpc) is 2.35. The summed E-state index contributed by atoms with van der Waals surface area (Å²) in [6, 6.07) is 4.67. The molecule has 6 nitrogen and oxygen atoms in total. The molecule has 1 aliphatic heterocycles. The number of hydrogen-bond donors (Lipinski definition) is 2. The Morgan fingerprint density at radius 2 is 1.83 bits per heavy atom. The number of benzene rings is 1. The van der Waals surface area contributed by atoms with Gasteiger partial charge in [-0.05, 0) is 17.7 Å². The molecule has 1 aromatic rings. The van der Waals surface area contributed by atoms with Crippen molar-refractivity contribution in [2.75, 3.05) is 13.2 Å². The third kappa shape index (κ3) is 2.53. The maximum absolute atomic E-state index is 11.1. The summed E-state index contributed by atoms with van der Waals surface area (Å²) in [5, 5.41) is 17.8.